The Balaban J connectivity index is 0.00000176. The van der Waals surface area contributed by atoms with E-state index in [1.54, 1.807) is 10.2 Å². The monoisotopic (exact) mass is 313 g/mol. The lowest BCUT2D eigenvalue weighted by atomic mass is 10.2. The van der Waals surface area contributed by atoms with Crippen molar-refractivity contribution in [1.82, 2.24) is 5.43 Å². The molecular weight excluding hydrogens is 298 g/mol. The molecule has 0 aliphatic carbocycles. The van der Waals surface area contributed by atoms with Crippen LogP contribution in [0.2, 0.25) is 0 Å². The second-order valence-corrected chi connectivity index (χ2v) is 4.94. The maximum atomic E-state index is 9.09. The topological polar surface area (TPSA) is 54.7 Å². The van der Waals surface area contributed by atoms with Crippen molar-refractivity contribution in [2.24, 2.45) is 5.10 Å². The molecule has 2 aromatic rings. The van der Waals surface area contributed by atoms with E-state index >= 15 is 0 Å². The van der Waals surface area contributed by atoms with Crippen LogP contribution in [-0.4, -0.2) is 5.84 Å². The van der Waals surface area contributed by atoms with Crippen LogP contribution >= 0.6 is 12.4 Å². The zero-order valence-electron chi connectivity index (χ0n) is 12.3. The summed E-state index contributed by atoms with van der Waals surface area (Å²) in [4.78, 5) is 0. The second kappa shape index (κ2) is 6.37. The number of nitriles is 1. The number of hydrogen-bond acceptors (Lipinski definition) is 5. The van der Waals surface area contributed by atoms with Crippen LogP contribution in [0.5, 0.6) is 0 Å². The molecule has 0 saturated heterocycles. The third-order valence-corrected chi connectivity index (χ3v) is 3.25. The van der Waals surface area contributed by atoms with E-state index in [9.17, 15) is 0 Å². The van der Waals surface area contributed by atoms with Crippen molar-refractivity contribution in [3.8, 4) is 6.07 Å². The standard InChI is InChI=1S/C16H15N5.ClH/c1-12-3-7-14(8-4-12)20-18-16(11-17)19-21(20)15-9-5-13(2)6-10-15;/h3-10H,1-2H3,(H,18,19);1H. The Kier molecular flexibility index (Phi) is 4.54. The maximum Gasteiger partial charge on any atom is 0.247 e. The van der Waals surface area contributed by atoms with Gasteiger partial charge < -0.3 is 0 Å². The van der Waals surface area contributed by atoms with Crippen molar-refractivity contribution in [1.29, 1.82) is 5.26 Å². The molecule has 5 nitrogen and oxygen atoms in total. The number of halogens is 1. The minimum absolute atomic E-state index is 0. The number of amidine groups is 1. The van der Waals surface area contributed by atoms with Gasteiger partial charge in [-0.3, -0.25) is 5.43 Å². The molecule has 6 heteroatoms. The molecule has 112 valence electrons. The van der Waals surface area contributed by atoms with Crippen molar-refractivity contribution in [3.63, 3.8) is 0 Å². The fourth-order valence-corrected chi connectivity index (χ4v) is 2.07. The summed E-state index contributed by atoms with van der Waals surface area (Å²) in [6, 6.07) is 18.0. The van der Waals surface area contributed by atoms with Gasteiger partial charge in [-0.25, -0.2) is 0 Å². The molecule has 1 N–H and O–H groups in total. The molecule has 0 atom stereocenters. The van der Waals surface area contributed by atoms with Crippen LogP contribution in [-0.2, 0) is 0 Å². The average molecular weight is 314 g/mol. The minimum Gasteiger partial charge on any atom is -0.250 e. The highest BCUT2D eigenvalue weighted by Crippen LogP contribution is 2.25. The zero-order valence-corrected chi connectivity index (χ0v) is 13.1. The molecule has 0 aromatic heterocycles. The van der Waals surface area contributed by atoms with E-state index in [0.29, 0.717) is 0 Å². The highest BCUT2D eigenvalue weighted by Gasteiger charge is 2.25. The largest absolute Gasteiger partial charge is 0.250 e. The normalized spacial score (nSPS) is 13.0. The van der Waals surface area contributed by atoms with Gasteiger partial charge in [0.25, 0.3) is 0 Å². The fourth-order valence-electron chi connectivity index (χ4n) is 2.07. The number of hydrazone groups is 1. The molecule has 1 heterocycles. The molecule has 1 aliphatic heterocycles. The first-order chi connectivity index (χ1) is 10.2. The van der Waals surface area contributed by atoms with E-state index in [1.165, 1.54) is 11.1 Å². The van der Waals surface area contributed by atoms with E-state index in [0.717, 1.165) is 11.4 Å². The van der Waals surface area contributed by atoms with Crippen LogP contribution in [0.3, 0.4) is 0 Å². The molecule has 2 aromatic carbocycles. The van der Waals surface area contributed by atoms with Gasteiger partial charge in [0.15, 0.2) is 0 Å². The van der Waals surface area contributed by atoms with Crippen LogP contribution in [0.15, 0.2) is 53.6 Å². The SMILES string of the molecule is Cc1ccc(N2N=C(C#N)NN2c2ccc(C)cc2)cc1.Cl. The molecular formula is C16H16ClN5. The summed E-state index contributed by atoms with van der Waals surface area (Å²) in [5.41, 5.74) is 7.15. The number of hydrazine groups is 2. The Hall–Kier alpha value is -2.71. The third kappa shape index (κ3) is 2.97. The highest BCUT2D eigenvalue weighted by atomic mass is 35.5. The van der Waals surface area contributed by atoms with Crippen molar-refractivity contribution in [3.05, 3.63) is 59.7 Å². The number of rotatable bonds is 2. The van der Waals surface area contributed by atoms with Crippen molar-refractivity contribution in [2.75, 3.05) is 10.2 Å². The van der Waals surface area contributed by atoms with Crippen LogP contribution in [0.25, 0.3) is 0 Å². The minimum atomic E-state index is 0. The Morgan fingerprint density at radius 3 is 1.91 bits per heavy atom. The van der Waals surface area contributed by atoms with Gasteiger partial charge in [0.1, 0.15) is 6.07 Å². The summed E-state index contributed by atoms with van der Waals surface area (Å²) in [7, 11) is 0. The third-order valence-electron chi connectivity index (χ3n) is 3.25. The molecule has 0 bridgehead atoms. The molecule has 0 radical (unpaired) electrons. The number of hydrogen-bond donors (Lipinski definition) is 1. The maximum absolute atomic E-state index is 9.09. The van der Waals surface area contributed by atoms with Gasteiger partial charge >= 0.3 is 0 Å². The smallest absolute Gasteiger partial charge is 0.247 e. The van der Waals surface area contributed by atoms with E-state index in [-0.39, 0.29) is 18.2 Å². The molecule has 1 aliphatic rings. The fraction of sp³-hybridized carbons (Fsp3) is 0.125. The Morgan fingerprint density at radius 1 is 0.909 bits per heavy atom. The first-order valence-corrected chi connectivity index (χ1v) is 6.66. The van der Waals surface area contributed by atoms with Crippen molar-refractivity contribution in [2.45, 2.75) is 13.8 Å². The Labute approximate surface area is 135 Å². The molecule has 0 amide bonds. The quantitative estimate of drug-likeness (QED) is 0.924. The van der Waals surface area contributed by atoms with E-state index < -0.39 is 0 Å². The van der Waals surface area contributed by atoms with Crippen LogP contribution < -0.4 is 15.7 Å². The number of benzene rings is 2. The van der Waals surface area contributed by atoms with E-state index in [2.05, 4.69) is 10.5 Å². The molecule has 0 spiro atoms. The van der Waals surface area contributed by atoms with Gasteiger partial charge in [-0.2, -0.15) is 15.5 Å². The highest BCUT2D eigenvalue weighted by molar-refractivity contribution is 6.00. The zero-order chi connectivity index (χ0) is 14.8. The lowest BCUT2D eigenvalue weighted by Gasteiger charge is -2.27. The van der Waals surface area contributed by atoms with Crippen molar-refractivity contribution < 1.29 is 0 Å². The number of aryl methyl sites for hydroxylation is 2. The molecule has 3 rings (SSSR count). The van der Waals surface area contributed by atoms with Gasteiger partial charge in [0.05, 0.1) is 11.4 Å². The molecule has 22 heavy (non-hydrogen) atoms. The van der Waals surface area contributed by atoms with Crippen molar-refractivity contribution >= 4 is 29.6 Å². The van der Waals surface area contributed by atoms with Gasteiger partial charge in [0.2, 0.25) is 5.84 Å². The summed E-state index contributed by atoms with van der Waals surface area (Å²) >= 11 is 0. The lowest BCUT2D eigenvalue weighted by molar-refractivity contribution is 0.771. The van der Waals surface area contributed by atoms with Crippen LogP contribution in [0.4, 0.5) is 11.4 Å². The molecule has 0 saturated carbocycles. The average Bonchev–Trinajstić information content (AvgIpc) is 2.93. The first-order valence-electron chi connectivity index (χ1n) is 6.66. The molecule has 0 unspecified atom stereocenters. The number of anilines is 2. The second-order valence-electron chi connectivity index (χ2n) is 4.94. The summed E-state index contributed by atoms with van der Waals surface area (Å²) in [6.45, 7) is 4.07. The van der Waals surface area contributed by atoms with Gasteiger partial charge in [-0.1, -0.05) is 35.4 Å². The number of nitrogens with one attached hydrogen (secondary N) is 1. The van der Waals surface area contributed by atoms with Crippen LogP contribution in [0, 0.1) is 25.2 Å². The van der Waals surface area contributed by atoms with E-state index in [1.807, 2.05) is 68.4 Å². The van der Waals surface area contributed by atoms with Gasteiger partial charge in [0, 0.05) is 0 Å². The van der Waals surface area contributed by atoms with Gasteiger partial charge in [-0.15, -0.1) is 17.5 Å². The Morgan fingerprint density at radius 2 is 1.41 bits per heavy atom. The predicted octanol–water partition coefficient (Wildman–Crippen LogP) is 3.31. The first kappa shape index (κ1) is 15.7. The van der Waals surface area contributed by atoms with E-state index in [4.69, 9.17) is 5.26 Å². The summed E-state index contributed by atoms with van der Waals surface area (Å²) in [5, 5.41) is 16.8. The predicted molar refractivity (Wildman–Crippen MR) is 90.7 cm³/mol. The van der Waals surface area contributed by atoms with Crippen LogP contribution in [0.1, 0.15) is 11.1 Å². The Bertz CT molecular complexity index is 716. The molecule has 0 fully saturated rings. The summed E-state index contributed by atoms with van der Waals surface area (Å²) in [6.07, 6.45) is 0. The summed E-state index contributed by atoms with van der Waals surface area (Å²) in [5.74, 6) is 0.260. The number of nitrogens with zero attached hydrogens (tertiary/aromatic N) is 4. The lowest BCUT2D eigenvalue weighted by Crippen LogP contribution is -2.44. The van der Waals surface area contributed by atoms with Gasteiger partial charge in [-0.05, 0) is 38.1 Å². The summed E-state index contributed by atoms with van der Waals surface area (Å²) < 4.78 is 0.